The maximum absolute atomic E-state index is 12.6. The molecule has 1 aromatic heterocycles. The third kappa shape index (κ3) is 3.61. The van der Waals surface area contributed by atoms with Crippen molar-refractivity contribution in [2.24, 2.45) is 0 Å². The first kappa shape index (κ1) is 17.4. The monoisotopic (exact) mass is 357 g/mol. The van der Waals surface area contributed by atoms with Crippen molar-refractivity contribution in [3.05, 3.63) is 82.2 Å². The summed E-state index contributed by atoms with van der Waals surface area (Å²) in [6, 6.07) is 14.7. The second-order valence-corrected chi connectivity index (χ2v) is 7.44. The summed E-state index contributed by atoms with van der Waals surface area (Å²) >= 11 is 0. The summed E-state index contributed by atoms with van der Waals surface area (Å²) in [5, 5.41) is 3.29. The Morgan fingerprint density at radius 2 is 1.70 bits per heavy atom. The third-order valence-corrected chi connectivity index (χ3v) is 5.22. The smallest absolute Gasteiger partial charge is 0.227 e. The van der Waals surface area contributed by atoms with E-state index in [-0.39, 0.29) is 11.7 Å². The SMILES string of the molecule is Cc1ccc([C@H]2CC(=O)c3cnc(Nc4ccc(C)cc4C)nc3C2)cc1. The first-order valence-corrected chi connectivity index (χ1v) is 9.29. The second kappa shape index (κ2) is 6.95. The molecule has 2 aromatic carbocycles. The molecule has 0 saturated heterocycles. The molecule has 0 unspecified atom stereocenters. The van der Waals surface area contributed by atoms with Crippen LogP contribution in [-0.2, 0) is 6.42 Å². The number of rotatable bonds is 3. The zero-order chi connectivity index (χ0) is 19.0. The molecule has 4 nitrogen and oxygen atoms in total. The van der Waals surface area contributed by atoms with Crippen molar-refractivity contribution in [1.29, 1.82) is 0 Å². The van der Waals surface area contributed by atoms with Gasteiger partial charge in [-0.05, 0) is 50.3 Å². The topological polar surface area (TPSA) is 54.9 Å². The van der Waals surface area contributed by atoms with Crippen molar-refractivity contribution in [2.75, 3.05) is 5.32 Å². The van der Waals surface area contributed by atoms with Crippen LogP contribution in [0.15, 0.2) is 48.7 Å². The molecule has 1 aliphatic carbocycles. The van der Waals surface area contributed by atoms with Crippen molar-refractivity contribution >= 4 is 17.4 Å². The first-order valence-electron chi connectivity index (χ1n) is 9.29. The highest BCUT2D eigenvalue weighted by Gasteiger charge is 2.28. The highest BCUT2D eigenvalue weighted by molar-refractivity contribution is 5.98. The number of nitrogens with one attached hydrogen (secondary N) is 1. The van der Waals surface area contributed by atoms with Crippen molar-refractivity contribution in [3.63, 3.8) is 0 Å². The van der Waals surface area contributed by atoms with Crippen LogP contribution in [0.4, 0.5) is 11.6 Å². The fraction of sp³-hybridized carbons (Fsp3) is 0.261. The molecule has 0 aliphatic heterocycles. The molecule has 1 heterocycles. The number of fused-ring (bicyclic) bond motifs is 1. The Labute approximate surface area is 159 Å². The van der Waals surface area contributed by atoms with E-state index in [9.17, 15) is 4.79 Å². The largest absolute Gasteiger partial charge is 0.324 e. The number of aryl methyl sites for hydroxylation is 3. The predicted octanol–water partition coefficient (Wildman–Crippen LogP) is 5.06. The van der Waals surface area contributed by atoms with Crippen LogP contribution in [0.5, 0.6) is 0 Å². The summed E-state index contributed by atoms with van der Waals surface area (Å²) in [4.78, 5) is 21.6. The summed E-state index contributed by atoms with van der Waals surface area (Å²) in [5.41, 5.74) is 7.26. The number of ketones is 1. The zero-order valence-corrected chi connectivity index (χ0v) is 15.9. The van der Waals surface area contributed by atoms with E-state index in [0.717, 1.165) is 23.4 Å². The molecule has 0 bridgehead atoms. The number of nitrogens with zero attached hydrogens (tertiary/aromatic N) is 2. The maximum Gasteiger partial charge on any atom is 0.227 e. The summed E-state index contributed by atoms with van der Waals surface area (Å²) < 4.78 is 0. The van der Waals surface area contributed by atoms with Gasteiger partial charge in [0.15, 0.2) is 5.78 Å². The summed E-state index contributed by atoms with van der Waals surface area (Å²) in [6.07, 6.45) is 2.94. The molecule has 0 radical (unpaired) electrons. The Morgan fingerprint density at radius 1 is 0.963 bits per heavy atom. The first-order chi connectivity index (χ1) is 13.0. The van der Waals surface area contributed by atoms with Crippen LogP contribution in [0.3, 0.4) is 0 Å². The van der Waals surface area contributed by atoms with E-state index in [1.54, 1.807) is 6.20 Å². The molecule has 0 fully saturated rings. The molecule has 0 amide bonds. The van der Waals surface area contributed by atoms with Crippen LogP contribution < -0.4 is 5.32 Å². The standard InChI is InChI=1S/C23H23N3O/c1-14-4-7-17(8-5-14)18-11-21-19(22(27)12-18)13-24-23(26-21)25-20-9-6-15(2)10-16(20)3/h4-10,13,18H,11-12H2,1-3H3,(H,24,25,26)/t18-/m1/s1. The highest BCUT2D eigenvalue weighted by Crippen LogP contribution is 2.32. The number of benzene rings is 2. The average Bonchev–Trinajstić information content (AvgIpc) is 2.64. The Kier molecular flexibility index (Phi) is 4.48. The van der Waals surface area contributed by atoms with Crippen LogP contribution in [0.2, 0.25) is 0 Å². The minimum atomic E-state index is 0.125. The molecule has 27 heavy (non-hydrogen) atoms. The molecule has 3 aromatic rings. The van der Waals surface area contributed by atoms with Gasteiger partial charge in [-0.3, -0.25) is 4.79 Å². The average molecular weight is 357 g/mol. The summed E-state index contributed by atoms with van der Waals surface area (Å²) in [5.74, 6) is 0.840. The number of carbonyl (C=O) groups excluding carboxylic acids is 1. The van der Waals surface area contributed by atoms with Crippen molar-refractivity contribution < 1.29 is 4.79 Å². The van der Waals surface area contributed by atoms with Crippen molar-refractivity contribution in [2.45, 2.75) is 39.5 Å². The molecule has 136 valence electrons. The van der Waals surface area contributed by atoms with Crippen molar-refractivity contribution in [1.82, 2.24) is 9.97 Å². The van der Waals surface area contributed by atoms with E-state index in [0.29, 0.717) is 17.9 Å². The van der Waals surface area contributed by atoms with Crippen LogP contribution in [0.25, 0.3) is 0 Å². The van der Waals surface area contributed by atoms with E-state index >= 15 is 0 Å². The van der Waals surface area contributed by atoms with Crippen LogP contribution in [0, 0.1) is 20.8 Å². The molecule has 0 saturated carbocycles. The van der Waals surface area contributed by atoms with Gasteiger partial charge in [-0.25, -0.2) is 9.97 Å². The number of Topliss-reactive ketones (excluding diaryl/α,β-unsaturated/α-hetero) is 1. The molecule has 1 N–H and O–H groups in total. The van der Waals surface area contributed by atoms with Gasteiger partial charge in [-0.15, -0.1) is 0 Å². The number of hydrogen-bond donors (Lipinski definition) is 1. The number of carbonyl (C=O) groups is 1. The van der Waals surface area contributed by atoms with Gasteiger partial charge in [-0.2, -0.15) is 0 Å². The van der Waals surface area contributed by atoms with Gasteiger partial charge >= 0.3 is 0 Å². The lowest BCUT2D eigenvalue weighted by Gasteiger charge is -2.23. The Balaban J connectivity index is 1.62. The molecule has 4 heteroatoms. The van der Waals surface area contributed by atoms with E-state index in [2.05, 4.69) is 72.5 Å². The Morgan fingerprint density at radius 3 is 2.44 bits per heavy atom. The molecular formula is C23H23N3O. The van der Waals surface area contributed by atoms with Crippen molar-refractivity contribution in [3.8, 4) is 0 Å². The van der Waals surface area contributed by atoms with Gasteiger partial charge in [0.05, 0.1) is 11.3 Å². The zero-order valence-electron chi connectivity index (χ0n) is 15.9. The fourth-order valence-electron chi connectivity index (χ4n) is 3.65. The maximum atomic E-state index is 12.6. The van der Waals surface area contributed by atoms with E-state index in [4.69, 9.17) is 0 Å². The molecule has 4 rings (SSSR count). The third-order valence-electron chi connectivity index (χ3n) is 5.22. The minimum Gasteiger partial charge on any atom is -0.324 e. The van der Waals surface area contributed by atoms with Gasteiger partial charge in [0.1, 0.15) is 0 Å². The number of aromatic nitrogens is 2. The quantitative estimate of drug-likeness (QED) is 0.712. The Bertz CT molecular complexity index is 1010. The molecular weight excluding hydrogens is 334 g/mol. The summed E-state index contributed by atoms with van der Waals surface area (Å²) in [6.45, 7) is 6.21. The lowest BCUT2D eigenvalue weighted by Crippen LogP contribution is -2.21. The fourth-order valence-corrected chi connectivity index (χ4v) is 3.65. The van der Waals surface area contributed by atoms with Gasteiger partial charge in [-0.1, -0.05) is 47.5 Å². The Hall–Kier alpha value is -3.01. The predicted molar refractivity (Wildman–Crippen MR) is 108 cm³/mol. The van der Waals surface area contributed by atoms with Crippen LogP contribution in [-0.4, -0.2) is 15.8 Å². The molecule has 1 atom stereocenters. The summed E-state index contributed by atoms with van der Waals surface area (Å²) in [7, 11) is 0. The number of anilines is 2. The van der Waals surface area contributed by atoms with Gasteiger partial charge < -0.3 is 5.32 Å². The normalized spacial score (nSPS) is 16.1. The van der Waals surface area contributed by atoms with E-state index in [1.807, 2.05) is 6.07 Å². The second-order valence-electron chi connectivity index (χ2n) is 7.44. The van der Waals surface area contributed by atoms with Gasteiger partial charge in [0.2, 0.25) is 5.95 Å². The lowest BCUT2D eigenvalue weighted by atomic mass is 9.82. The van der Waals surface area contributed by atoms with E-state index < -0.39 is 0 Å². The highest BCUT2D eigenvalue weighted by atomic mass is 16.1. The van der Waals surface area contributed by atoms with E-state index in [1.165, 1.54) is 16.7 Å². The number of hydrogen-bond acceptors (Lipinski definition) is 4. The van der Waals surface area contributed by atoms with Gasteiger partial charge in [0, 0.05) is 18.3 Å². The molecule has 1 aliphatic rings. The minimum absolute atomic E-state index is 0.125. The lowest BCUT2D eigenvalue weighted by molar-refractivity contribution is 0.0962. The van der Waals surface area contributed by atoms with Crippen LogP contribution >= 0.6 is 0 Å². The van der Waals surface area contributed by atoms with Crippen LogP contribution in [0.1, 0.15) is 50.6 Å². The van der Waals surface area contributed by atoms with Gasteiger partial charge in [0.25, 0.3) is 0 Å². The molecule has 0 spiro atoms.